The van der Waals surface area contributed by atoms with Crippen LogP contribution in [-0.4, -0.2) is 71.1 Å². The van der Waals surface area contributed by atoms with E-state index in [2.05, 4.69) is 15.6 Å². The van der Waals surface area contributed by atoms with E-state index in [1.54, 1.807) is 27.9 Å². The number of aliphatic hydroxyl groups excluding tert-OH is 1. The van der Waals surface area contributed by atoms with Gasteiger partial charge in [-0.15, -0.1) is 5.10 Å². The number of aromatic nitrogens is 3. The summed E-state index contributed by atoms with van der Waals surface area (Å²) in [6, 6.07) is 5.42. The summed E-state index contributed by atoms with van der Waals surface area (Å²) in [5.74, 6) is -0.542. The van der Waals surface area contributed by atoms with Crippen molar-refractivity contribution in [1.82, 2.24) is 15.0 Å². The summed E-state index contributed by atoms with van der Waals surface area (Å²) >= 11 is 0. The number of nitrogens with zero attached hydrogens (tertiary/aromatic N) is 4. The molecular formula is C23H31N5O6Si. The summed E-state index contributed by atoms with van der Waals surface area (Å²) in [7, 11) is -2.76. The van der Waals surface area contributed by atoms with E-state index in [-0.39, 0.29) is 30.1 Å². The summed E-state index contributed by atoms with van der Waals surface area (Å²) in [6.45, 7) is 6.99. The number of amides is 2. The summed E-state index contributed by atoms with van der Waals surface area (Å²) in [6.07, 6.45) is 1.98. The van der Waals surface area contributed by atoms with Crippen LogP contribution in [0.4, 0.5) is 16.2 Å². The van der Waals surface area contributed by atoms with Gasteiger partial charge in [0.05, 0.1) is 18.3 Å². The lowest BCUT2D eigenvalue weighted by atomic mass is 9.82. The van der Waals surface area contributed by atoms with Crippen LogP contribution in [0.2, 0.25) is 18.6 Å². The van der Waals surface area contributed by atoms with E-state index in [1.807, 2.05) is 26.1 Å². The number of anilines is 2. The summed E-state index contributed by atoms with van der Waals surface area (Å²) in [5.41, 5.74) is 1.22. The molecule has 2 aromatic rings. The number of hydrogen-bond acceptors (Lipinski definition) is 8. The minimum Gasteiger partial charge on any atom is -0.447 e. The molecule has 1 aromatic heterocycles. The molecule has 3 N–H and O–H groups in total. The molecule has 5 rings (SSSR count). The third-order valence-corrected chi connectivity index (χ3v) is 9.89. The van der Waals surface area contributed by atoms with Crippen molar-refractivity contribution in [2.24, 2.45) is 5.92 Å². The van der Waals surface area contributed by atoms with Crippen LogP contribution in [0.5, 0.6) is 0 Å². The maximum absolute atomic E-state index is 13.5. The normalized spacial score (nSPS) is 28.0. The predicted molar refractivity (Wildman–Crippen MR) is 128 cm³/mol. The van der Waals surface area contributed by atoms with Gasteiger partial charge in [-0.05, 0) is 37.7 Å². The standard InChI is InChI=1S/C23H31N5O6Si/c1-14-20(35(2,3)32)19(6-8-27-13-15(7-10-29)25-26-27)34-23(14)17-12-16(28-9-11-33-22(28)31)4-5-18(17)24-21(23)30/h4-5,12-14,19-20,29,32H,6-11H2,1-3H3,(H,24,30)/t14-,19+,20-,23+/m0/s1. The maximum atomic E-state index is 13.5. The number of fused-ring (bicyclic) bond motifs is 2. The molecule has 3 aliphatic rings. The molecule has 1 aromatic carbocycles. The minimum atomic E-state index is -2.76. The molecule has 188 valence electrons. The average molecular weight is 502 g/mol. The fourth-order valence-corrected chi connectivity index (χ4v) is 8.49. The van der Waals surface area contributed by atoms with E-state index >= 15 is 0 Å². The molecule has 0 saturated carbocycles. The molecule has 2 fully saturated rings. The molecule has 35 heavy (non-hydrogen) atoms. The number of rotatable bonds is 7. The molecule has 0 radical (unpaired) electrons. The molecule has 4 atom stereocenters. The lowest BCUT2D eigenvalue weighted by Crippen LogP contribution is -2.43. The maximum Gasteiger partial charge on any atom is 0.414 e. The molecule has 11 nitrogen and oxygen atoms in total. The molecule has 3 aliphatic heterocycles. The predicted octanol–water partition coefficient (Wildman–Crippen LogP) is 1.61. The second-order valence-electron chi connectivity index (χ2n) is 10.0. The van der Waals surface area contributed by atoms with Gasteiger partial charge in [-0.2, -0.15) is 0 Å². The van der Waals surface area contributed by atoms with Crippen LogP contribution in [0.15, 0.2) is 24.4 Å². The second-order valence-corrected chi connectivity index (χ2v) is 14.0. The van der Waals surface area contributed by atoms with Gasteiger partial charge in [0.2, 0.25) is 0 Å². The molecule has 2 saturated heterocycles. The number of ether oxygens (including phenoxy) is 2. The van der Waals surface area contributed by atoms with Crippen LogP contribution >= 0.6 is 0 Å². The fourth-order valence-electron chi connectivity index (χ4n) is 5.89. The lowest BCUT2D eigenvalue weighted by Gasteiger charge is -2.32. The zero-order chi connectivity index (χ0) is 25.0. The Bertz CT molecular complexity index is 1150. The first-order chi connectivity index (χ1) is 16.6. The highest BCUT2D eigenvalue weighted by Crippen LogP contribution is 2.58. The van der Waals surface area contributed by atoms with Crippen LogP contribution < -0.4 is 10.2 Å². The van der Waals surface area contributed by atoms with Gasteiger partial charge >= 0.3 is 6.09 Å². The summed E-state index contributed by atoms with van der Waals surface area (Å²) in [4.78, 5) is 38.4. The Labute approximate surface area is 204 Å². The molecular weight excluding hydrogens is 470 g/mol. The van der Waals surface area contributed by atoms with Crippen LogP contribution in [0.25, 0.3) is 0 Å². The monoisotopic (exact) mass is 501 g/mol. The molecule has 1 spiro atoms. The number of benzene rings is 1. The van der Waals surface area contributed by atoms with E-state index in [9.17, 15) is 14.4 Å². The van der Waals surface area contributed by atoms with Gasteiger partial charge in [0, 0.05) is 54.2 Å². The number of carbonyl (C=O) groups is 2. The van der Waals surface area contributed by atoms with Crippen molar-refractivity contribution in [1.29, 1.82) is 0 Å². The average Bonchev–Trinajstić information content (AvgIpc) is 3.54. The molecule has 0 unspecified atom stereocenters. The van der Waals surface area contributed by atoms with Gasteiger partial charge in [-0.1, -0.05) is 12.1 Å². The second kappa shape index (κ2) is 8.70. The zero-order valence-corrected chi connectivity index (χ0v) is 21.1. The number of aryl methyl sites for hydroxylation is 1. The van der Waals surface area contributed by atoms with E-state index in [0.29, 0.717) is 55.2 Å². The Balaban J connectivity index is 1.47. The van der Waals surface area contributed by atoms with E-state index in [1.165, 1.54) is 0 Å². The Kier molecular flexibility index (Phi) is 5.94. The van der Waals surface area contributed by atoms with Crippen molar-refractivity contribution in [3.8, 4) is 0 Å². The first kappa shape index (κ1) is 23.9. The van der Waals surface area contributed by atoms with E-state index in [4.69, 9.17) is 14.6 Å². The molecule has 4 heterocycles. The first-order valence-electron chi connectivity index (χ1n) is 12.0. The largest absolute Gasteiger partial charge is 0.447 e. The van der Waals surface area contributed by atoms with E-state index in [0.717, 1.165) is 0 Å². The topological polar surface area (TPSA) is 139 Å². The Morgan fingerprint density at radius 2 is 2.11 bits per heavy atom. The number of hydrogen-bond donors (Lipinski definition) is 3. The number of carbonyl (C=O) groups excluding carboxylic acids is 2. The quantitative estimate of drug-likeness (QED) is 0.487. The van der Waals surface area contributed by atoms with Crippen LogP contribution in [0, 0.1) is 5.92 Å². The molecule has 2 amide bonds. The van der Waals surface area contributed by atoms with Crippen molar-refractivity contribution in [2.75, 3.05) is 30.0 Å². The smallest absolute Gasteiger partial charge is 0.414 e. The first-order valence-corrected chi connectivity index (χ1v) is 15.0. The van der Waals surface area contributed by atoms with Crippen LogP contribution in [0.1, 0.15) is 24.6 Å². The van der Waals surface area contributed by atoms with Gasteiger partial charge in [0.15, 0.2) is 13.9 Å². The van der Waals surface area contributed by atoms with Gasteiger partial charge < -0.3 is 24.7 Å². The molecule has 0 bridgehead atoms. The summed E-state index contributed by atoms with van der Waals surface area (Å²) in [5, 5.41) is 20.3. The summed E-state index contributed by atoms with van der Waals surface area (Å²) < 4.78 is 13.4. The van der Waals surface area contributed by atoms with Crippen molar-refractivity contribution in [2.45, 2.75) is 56.7 Å². The number of aliphatic hydroxyl groups is 1. The van der Waals surface area contributed by atoms with Crippen LogP contribution in [0.3, 0.4) is 0 Å². The third-order valence-electron chi connectivity index (χ3n) is 7.39. The van der Waals surface area contributed by atoms with Gasteiger partial charge in [0.1, 0.15) is 6.61 Å². The van der Waals surface area contributed by atoms with Crippen molar-refractivity contribution in [3.63, 3.8) is 0 Å². The Hall–Kier alpha value is -2.80. The fraction of sp³-hybridized carbons (Fsp3) is 0.565. The van der Waals surface area contributed by atoms with Gasteiger partial charge in [-0.25, -0.2) is 4.79 Å². The Morgan fingerprint density at radius 3 is 2.80 bits per heavy atom. The minimum absolute atomic E-state index is 0.00248. The number of nitrogens with one attached hydrogen (secondary N) is 1. The highest BCUT2D eigenvalue weighted by atomic mass is 28.4. The third kappa shape index (κ3) is 3.94. The highest BCUT2D eigenvalue weighted by Gasteiger charge is 2.64. The molecule has 12 heteroatoms. The van der Waals surface area contributed by atoms with Crippen molar-refractivity contribution < 1.29 is 29.0 Å². The molecule has 0 aliphatic carbocycles. The van der Waals surface area contributed by atoms with Gasteiger partial charge in [-0.3, -0.25) is 14.4 Å². The van der Waals surface area contributed by atoms with E-state index < -0.39 is 20.0 Å². The Morgan fingerprint density at radius 1 is 1.31 bits per heavy atom. The van der Waals surface area contributed by atoms with Crippen molar-refractivity contribution >= 4 is 31.7 Å². The number of cyclic esters (lactones) is 1. The SMILES string of the molecule is C[C@H]1[C@H]([Si](C)(C)O)[C@@H](CCn2cc(CCO)nn2)O[C@]12C(=O)Nc1ccc(N3CCOC3=O)cc12. The van der Waals surface area contributed by atoms with Crippen molar-refractivity contribution in [3.05, 3.63) is 35.7 Å². The highest BCUT2D eigenvalue weighted by molar-refractivity contribution is 6.71. The van der Waals surface area contributed by atoms with Gasteiger partial charge in [0.25, 0.3) is 5.91 Å². The van der Waals surface area contributed by atoms with Crippen LogP contribution in [-0.2, 0) is 32.8 Å². The zero-order valence-electron chi connectivity index (χ0n) is 20.1. The lowest BCUT2D eigenvalue weighted by molar-refractivity contribution is -0.143.